The highest BCUT2D eigenvalue weighted by atomic mass is 16.5. The number of aliphatic carboxylic acids is 1. The first-order valence-electron chi connectivity index (χ1n) is 13.9. The number of rotatable bonds is 18. The SMILES string of the molecule is CC(=O)NCCCC[C@H](NC1CCCCO1)C(=O)N[C@@H](CC(N)=O)C(=O)N[C@@H](Cc1c[nH]cn1)C(=O)N(C)CC(=O)O. The highest BCUT2D eigenvalue weighted by molar-refractivity contribution is 5.96. The van der Waals surface area contributed by atoms with Gasteiger partial charge in [0, 0.05) is 39.7 Å². The van der Waals surface area contributed by atoms with Gasteiger partial charge in [0.05, 0.1) is 24.5 Å². The summed E-state index contributed by atoms with van der Waals surface area (Å²) < 4.78 is 5.72. The lowest BCUT2D eigenvalue weighted by atomic mass is 10.0. The zero-order valence-corrected chi connectivity index (χ0v) is 24.0. The molecule has 16 nitrogen and oxygen atoms in total. The van der Waals surface area contributed by atoms with E-state index in [1.165, 1.54) is 26.5 Å². The third kappa shape index (κ3) is 12.6. The van der Waals surface area contributed by atoms with Crippen molar-refractivity contribution in [1.82, 2.24) is 36.1 Å². The first-order chi connectivity index (χ1) is 20.0. The molecule has 0 aliphatic carbocycles. The molecule has 2 heterocycles. The third-order valence-electron chi connectivity index (χ3n) is 6.55. The molecule has 5 amide bonds. The van der Waals surface area contributed by atoms with Crippen LogP contribution >= 0.6 is 0 Å². The number of carboxylic acids is 1. The molecule has 16 heteroatoms. The van der Waals surface area contributed by atoms with Gasteiger partial charge in [0.25, 0.3) is 0 Å². The molecule has 1 aliphatic rings. The number of nitrogens with two attached hydrogens (primary N) is 1. The minimum Gasteiger partial charge on any atom is -0.480 e. The van der Waals surface area contributed by atoms with Crippen molar-refractivity contribution >= 4 is 35.5 Å². The zero-order chi connectivity index (χ0) is 31.1. The fraction of sp³-hybridized carbons (Fsp3) is 0.654. The van der Waals surface area contributed by atoms with E-state index in [9.17, 15) is 28.8 Å². The van der Waals surface area contributed by atoms with E-state index in [2.05, 4.69) is 31.2 Å². The van der Waals surface area contributed by atoms with Crippen molar-refractivity contribution in [2.24, 2.45) is 5.73 Å². The maximum absolute atomic E-state index is 13.4. The van der Waals surface area contributed by atoms with Gasteiger partial charge in [-0.1, -0.05) is 0 Å². The van der Waals surface area contributed by atoms with Crippen molar-refractivity contribution < 1.29 is 38.6 Å². The lowest BCUT2D eigenvalue weighted by Crippen LogP contribution is -2.58. The summed E-state index contributed by atoms with van der Waals surface area (Å²) in [6.45, 7) is 1.80. The van der Waals surface area contributed by atoms with E-state index in [0.29, 0.717) is 44.5 Å². The molecule has 1 aliphatic heterocycles. The number of amides is 5. The maximum atomic E-state index is 13.4. The molecule has 234 valence electrons. The lowest BCUT2D eigenvalue weighted by Gasteiger charge is -2.30. The average molecular weight is 595 g/mol. The Morgan fingerprint density at radius 1 is 1.12 bits per heavy atom. The molecule has 2 rings (SSSR count). The summed E-state index contributed by atoms with van der Waals surface area (Å²) >= 11 is 0. The van der Waals surface area contributed by atoms with E-state index in [1.54, 1.807) is 0 Å². The van der Waals surface area contributed by atoms with E-state index in [-0.39, 0.29) is 18.6 Å². The molecule has 8 N–H and O–H groups in total. The minimum absolute atomic E-state index is 0.0766. The quantitative estimate of drug-likeness (QED) is 0.0935. The Morgan fingerprint density at radius 2 is 1.83 bits per heavy atom. The number of likely N-dealkylation sites (N-methyl/N-ethyl adjacent to an activating group) is 1. The largest absolute Gasteiger partial charge is 0.480 e. The van der Waals surface area contributed by atoms with Crippen LogP contribution in [0.3, 0.4) is 0 Å². The topological polar surface area (TPSA) is 238 Å². The molecule has 0 spiro atoms. The molecule has 1 saturated heterocycles. The number of nitrogens with one attached hydrogen (secondary N) is 5. The summed E-state index contributed by atoms with van der Waals surface area (Å²) in [6, 6.07) is -3.43. The predicted molar refractivity (Wildman–Crippen MR) is 148 cm³/mol. The Bertz CT molecular complexity index is 1060. The molecule has 1 aromatic heterocycles. The Kier molecular flexibility index (Phi) is 14.4. The molecule has 42 heavy (non-hydrogen) atoms. The highest BCUT2D eigenvalue weighted by Crippen LogP contribution is 2.13. The molecule has 0 aromatic carbocycles. The van der Waals surface area contributed by atoms with Gasteiger partial charge in [-0.15, -0.1) is 0 Å². The number of H-pyrrole nitrogens is 1. The van der Waals surface area contributed by atoms with Gasteiger partial charge in [-0.05, 0) is 38.5 Å². The number of ether oxygens (including phenoxy) is 1. The third-order valence-corrected chi connectivity index (χ3v) is 6.55. The van der Waals surface area contributed by atoms with Crippen molar-refractivity contribution in [2.75, 3.05) is 26.7 Å². The second-order valence-corrected chi connectivity index (χ2v) is 10.2. The van der Waals surface area contributed by atoms with Gasteiger partial charge in [-0.2, -0.15) is 0 Å². The van der Waals surface area contributed by atoms with Crippen LogP contribution in [0.5, 0.6) is 0 Å². The zero-order valence-electron chi connectivity index (χ0n) is 24.0. The van der Waals surface area contributed by atoms with E-state index in [1.807, 2.05) is 0 Å². The van der Waals surface area contributed by atoms with Crippen LogP contribution in [0.1, 0.15) is 57.6 Å². The average Bonchev–Trinajstić information content (AvgIpc) is 3.44. The number of imidazole rings is 1. The van der Waals surface area contributed by atoms with Gasteiger partial charge >= 0.3 is 5.97 Å². The van der Waals surface area contributed by atoms with Crippen molar-refractivity contribution in [2.45, 2.75) is 82.6 Å². The molecular weight excluding hydrogens is 552 g/mol. The standard InChI is InChI=1S/C26H42N8O8/c1-16(35)29-9-5-3-7-18(31-22-8-4-6-10-42-22)24(39)32-19(12-21(27)36)25(40)33-20(11-17-13-28-15-30-17)26(41)34(2)14-23(37)38/h13,15,18-20,22,31H,3-12,14H2,1-2H3,(H2,27,36)(H,28,30)(H,29,35)(H,32,39)(H,33,40)(H,37,38)/t18-,19-,20-,22?/m0/s1. The molecule has 0 saturated carbocycles. The Labute approximate surface area is 243 Å². The van der Waals surface area contributed by atoms with Gasteiger partial charge < -0.3 is 41.4 Å². The van der Waals surface area contributed by atoms with Crippen LogP contribution in [0.15, 0.2) is 12.5 Å². The molecule has 0 bridgehead atoms. The lowest BCUT2D eigenvalue weighted by molar-refractivity contribution is -0.145. The molecule has 1 aromatic rings. The highest BCUT2D eigenvalue weighted by Gasteiger charge is 2.32. The number of primary amides is 1. The normalized spacial score (nSPS) is 16.9. The van der Waals surface area contributed by atoms with Gasteiger partial charge in [0.15, 0.2) is 0 Å². The number of hydrogen-bond acceptors (Lipinski definition) is 9. The number of carbonyl (C=O) groups is 6. The number of aromatic amines is 1. The number of carbonyl (C=O) groups excluding carboxylic acids is 5. The van der Waals surface area contributed by atoms with Crippen LogP contribution < -0.4 is 27.0 Å². The number of unbranched alkanes of at least 4 members (excludes halogenated alkanes) is 1. The second kappa shape index (κ2) is 17.7. The summed E-state index contributed by atoms with van der Waals surface area (Å²) in [7, 11) is 1.28. The van der Waals surface area contributed by atoms with Crippen molar-refractivity contribution in [1.29, 1.82) is 0 Å². The van der Waals surface area contributed by atoms with Crippen molar-refractivity contribution in [3.63, 3.8) is 0 Å². The minimum atomic E-state index is -1.41. The second-order valence-electron chi connectivity index (χ2n) is 10.2. The summed E-state index contributed by atoms with van der Waals surface area (Å²) in [4.78, 5) is 81.7. The van der Waals surface area contributed by atoms with Crippen LogP contribution in [0.25, 0.3) is 0 Å². The van der Waals surface area contributed by atoms with E-state index in [4.69, 9.17) is 15.6 Å². The number of nitrogens with zero attached hydrogens (tertiary/aromatic N) is 2. The molecule has 4 atom stereocenters. The van der Waals surface area contributed by atoms with Gasteiger partial charge in [0.1, 0.15) is 24.9 Å². The van der Waals surface area contributed by atoms with Crippen LogP contribution in [0.2, 0.25) is 0 Å². The maximum Gasteiger partial charge on any atom is 0.323 e. The van der Waals surface area contributed by atoms with Gasteiger partial charge in [-0.3, -0.25) is 34.1 Å². The number of hydrogen-bond donors (Lipinski definition) is 7. The monoisotopic (exact) mass is 594 g/mol. The van der Waals surface area contributed by atoms with Crippen LogP contribution in [-0.4, -0.2) is 107 Å². The Hall–Kier alpha value is -4.05. The first kappa shape index (κ1) is 34.2. The van der Waals surface area contributed by atoms with Crippen LogP contribution in [-0.2, 0) is 39.9 Å². The van der Waals surface area contributed by atoms with Crippen molar-refractivity contribution in [3.8, 4) is 0 Å². The van der Waals surface area contributed by atoms with Gasteiger partial charge in [-0.25, -0.2) is 4.98 Å². The number of carboxylic acid groups (broad SMARTS) is 1. The van der Waals surface area contributed by atoms with E-state index >= 15 is 0 Å². The summed E-state index contributed by atoms with van der Waals surface area (Å²) in [5.41, 5.74) is 5.80. The van der Waals surface area contributed by atoms with E-state index in [0.717, 1.165) is 17.7 Å². The number of aromatic nitrogens is 2. The van der Waals surface area contributed by atoms with Crippen molar-refractivity contribution in [3.05, 3.63) is 18.2 Å². The molecule has 1 fully saturated rings. The summed E-state index contributed by atoms with van der Waals surface area (Å²) in [5.74, 6) is -4.37. The van der Waals surface area contributed by atoms with E-state index < -0.39 is 60.7 Å². The van der Waals surface area contributed by atoms with Gasteiger partial charge in [0.2, 0.25) is 29.5 Å². The Balaban J connectivity index is 2.16. The fourth-order valence-electron chi connectivity index (χ4n) is 4.44. The predicted octanol–water partition coefficient (Wildman–Crippen LogP) is -1.87. The van der Waals surface area contributed by atoms with Crippen LogP contribution in [0.4, 0.5) is 0 Å². The summed E-state index contributed by atoms with van der Waals surface area (Å²) in [5, 5.41) is 20.1. The first-order valence-corrected chi connectivity index (χ1v) is 13.9. The molecular formula is C26H42N8O8. The fourth-order valence-corrected chi connectivity index (χ4v) is 4.44. The summed E-state index contributed by atoms with van der Waals surface area (Å²) in [6.07, 6.45) is 5.98. The Morgan fingerprint density at radius 3 is 2.43 bits per heavy atom. The molecule has 0 radical (unpaired) electrons. The molecule has 1 unspecified atom stereocenters. The van der Waals surface area contributed by atoms with Crippen LogP contribution in [0, 0.1) is 0 Å². The smallest absolute Gasteiger partial charge is 0.323 e.